The van der Waals surface area contributed by atoms with E-state index in [4.69, 9.17) is 11.6 Å². The van der Waals surface area contributed by atoms with Crippen molar-refractivity contribution in [3.05, 3.63) is 62.4 Å². The maximum Gasteiger partial charge on any atom is 0.356 e. The second kappa shape index (κ2) is 7.05. The Balaban J connectivity index is 1.86. The van der Waals surface area contributed by atoms with Crippen LogP contribution in [0.4, 0.5) is 10.1 Å². The molecule has 1 aromatic carbocycles. The zero-order valence-corrected chi connectivity index (χ0v) is 17.4. The van der Waals surface area contributed by atoms with E-state index in [9.17, 15) is 19.1 Å². The number of hydrogen-bond donors (Lipinski definition) is 2. The summed E-state index contributed by atoms with van der Waals surface area (Å²) in [5, 5.41) is 13.0. The van der Waals surface area contributed by atoms with Crippen LogP contribution in [0.25, 0.3) is 10.9 Å². The fourth-order valence-corrected chi connectivity index (χ4v) is 3.79. The van der Waals surface area contributed by atoms with Crippen LogP contribution >= 0.6 is 11.6 Å². The lowest BCUT2D eigenvalue weighted by Gasteiger charge is -2.20. The summed E-state index contributed by atoms with van der Waals surface area (Å²) in [7, 11) is 1.53. The van der Waals surface area contributed by atoms with Crippen LogP contribution in [0.2, 0.25) is 5.15 Å². The highest BCUT2D eigenvalue weighted by Gasteiger charge is 2.48. The number of aromatic nitrogens is 3. The number of anilines is 1. The van der Waals surface area contributed by atoms with Gasteiger partial charge in [0.15, 0.2) is 11.4 Å². The Hall–Kier alpha value is -3.00. The summed E-state index contributed by atoms with van der Waals surface area (Å²) in [5.41, 5.74) is 0.0967. The second-order valence-electron chi connectivity index (χ2n) is 7.72. The zero-order valence-electron chi connectivity index (χ0n) is 16.7. The monoisotopic (exact) mass is 430 g/mol. The van der Waals surface area contributed by atoms with Gasteiger partial charge in [-0.25, -0.2) is 19.2 Å². The molecule has 1 atom stereocenters. The highest BCUT2D eigenvalue weighted by molar-refractivity contribution is 6.29. The first-order valence-electron chi connectivity index (χ1n) is 9.48. The van der Waals surface area contributed by atoms with E-state index < -0.39 is 17.7 Å². The molecule has 2 heterocycles. The molecule has 0 amide bonds. The second-order valence-corrected chi connectivity index (χ2v) is 8.10. The predicted molar refractivity (Wildman–Crippen MR) is 112 cm³/mol. The van der Waals surface area contributed by atoms with E-state index in [1.807, 2.05) is 19.9 Å². The zero-order chi connectivity index (χ0) is 21.8. The molecule has 1 aliphatic rings. The van der Waals surface area contributed by atoms with E-state index in [1.54, 1.807) is 6.07 Å². The molecule has 7 nitrogen and oxygen atoms in total. The van der Waals surface area contributed by atoms with Gasteiger partial charge in [-0.3, -0.25) is 9.36 Å². The third-order valence-electron chi connectivity index (χ3n) is 5.35. The van der Waals surface area contributed by atoms with Crippen molar-refractivity contribution in [2.75, 3.05) is 5.32 Å². The summed E-state index contributed by atoms with van der Waals surface area (Å²) in [4.78, 5) is 32.9. The van der Waals surface area contributed by atoms with Crippen LogP contribution in [0, 0.1) is 6.92 Å². The normalized spacial score (nSPS) is 15.8. The molecule has 156 valence electrons. The molecule has 1 saturated carbocycles. The predicted octanol–water partition coefficient (Wildman–Crippen LogP) is 4.12. The molecule has 2 aromatic heterocycles. The molecule has 0 spiro atoms. The summed E-state index contributed by atoms with van der Waals surface area (Å²) in [6.07, 6.45) is 0.679. The van der Waals surface area contributed by atoms with Crippen molar-refractivity contribution >= 4 is 34.2 Å². The van der Waals surface area contributed by atoms with Crippen LogP contribution in [0.15, 0.2) is 29.1 Å². The number of fused-ring (bicyclic) bond motifs is 1. The number of nitrogens with zero attached hydrogens (tertiary/aromatic N) is 3. The molecule has 0 bridgehead atoms. The number of nitrogens with one attached hydrogen (secondary N) is 1. The molecule has 1 unspecified atom stereocenters. The van der Waals surface area contributed by atoms with Crippen molar-refractivity contribution < 1.29 is 14.3 Å². The van der Waals surface area contributed by atoms with E-state index in [0.717, 1.165) is 5.56 Å². The van der Waals surface area contributed by atoms with E-state index in [2.05, 4.69) is 15.3 Å². The van der Waals surface area contributed by atoms with E-state index >= 15 is 0 Å². The van der Waals surface area contributed by atoms with Gasteiger partial charge in [0, 0.05) is 12.6 Å². The molecule has 0 saturated heterocycles. The summed E-state index contributed by atoms with van der Waals surface area (Å²) in [5.74, 6) is -1.10. The van der Waals surface area contributed by atoms with Crippen LogP contribution in [0.3, 0.4) is 0 Å². The molecule has 30 heavy (non-hydrogen) atoms. The molecule has 9 heteroatoms. The van der Waals surface area contributed by atoms with Crippen molar-refractivity contribution in [2.24, 2.45) is 7.05 Å². The number of alkyl halides is 1. The summed E-state index contributed by atoms with van der Waals surface area (Å²) < 4.78 is 16.1. The molecule has 1 aliphatic carbocycles. The molecule has 4 rings (SSSR count). The van der Waals surface area contributed by atoms with Crippen molar-refractivity contribution in [2.45, 2.75) is 38.4 Å². The van der Waals surface area contributed by atoms with E-state index in [0.29, 0.717) is 29.3 Å². The van der Waals surface area contributed by atoms with Crippen molar-refractivity contribution in [1.29, 1.82) is 0 Å². The molecule has 0 radical (unpaired) electrons. The van der Waals surface area contributed by atoms with Gasteiger partial charge in [-0.05, 0) is 50.5 Å². The minimum atomic E-state index is -1.57. The van der Waals surface area contributed by atoms with Gasteiger partial charge in [0.25, 0.3) is 5.56 Å². The van der Waals surface area contributed by atoms with Gasteiger partial charge in [-0.1, -0.05) is 17.7 Å². The Morgan fingerprint density at radius 1 is 1.33 bits per heavy atom. The quantitative estimate of drug-likeness (QED) is 0.591. The smallest absolute Gasteiger partial charge is 0.356 e. The van der Waals surface area contributed by atoms with Crippen LogP contribution in [0.1, 0.15) is 53.2 Å². The minimum absolute atomic E-state index is 0.0686. The fourth-order valence-electron chi connectivity index (χ4n) is 3.64. The number of carboxylic acids is 1. The van der Waals surface area contributed by atoms with E-state index in [-0.39, 0.29) is 27.9 Å². The summed E-state index contributed by atoms with van der Waals surface area (Å²) in [6.45, 7) is 3.67. The maximum absolute atomic E-state index is 14.8. The summed E-state index contributed by atoms with van der Waals surface area (Å²) in [6, 6.07) is 6.18. The van der Waals surface area contributed by atoms with Crippen molar-refractivity contribution in [3.8, 4) is 0 Å². The molecule has 1 fully saturated rings. The number of hydrogen-bond acceptors (Lipinski definition) is 5. The largest absolute Gasteiger partial charge is 0.476 e. The highest BCUT2D eigenvalue weighted by Crippen LogP contribution is 2.48. The number of pyridine rings is 1. The van der Waals surface area contributed by atoms with Gasteiger partial charge in [-0.15, -0.1) is 0 Å². The molecular formula is C21H20ClFN4O3. The average Bonchev–Trinajstić information content (AvgIpc) is 3.43. The lowest BCUT2D eigenvalue weighted by Crippen LogP contribution is -2.26. The van der Waals surface area contributed by atoms with Crippen LogP contribution in [0.5, 0.6) is 0 Å². The topological polar surface area (TPSA) is 97.1 Å². The maximum atomic E-state index is 14.8. The minimum Gasteiger partial charge on any atom is -0.476 e. The number of aryl methyl sites for hydroxylation is 1. The average molecular weight is 431 g/mol. The van der Waals surface area contributed by atoms with Gasteiger partial charge in [0.05, 0.1) is 22.6 Å². The number of carbonyl (C=O) groups is 1. The molecular weight excluding hydrogens is 411 g/mol. The standard InChI is InChI=1S/C21H20ClFN4O3/c1-10-8-12(11(2)24-14-4-5-15(22)25-17(14)19(29)30)16-13(9-10)18(28)27(3)20(26-16)21(23)6-7-21/h4-5,8-9,11,24H,6-7H2,1-3H3,(H,29,30). The molecule has 0 aliphatic heterocycles. The number of rotatable bonds is 5. The lowest BCUT2D eigenvalue weighted by atomic mass is 10.0. The third kappa shape index (κ3) is 3.41. The van der Waals surface area contributed by atoms with Crippen molar-refractivity contribution in [1.82, 2.24) is 14.5 Å². The van der Waals surface area contributed by atoms with Gasteiger partial charge in [0.2, 0.25) is 0 Å². The van der Waals surface area contributed by atoms with E-state index in [1.165, 1.54) is 23.7 Å². The fraction of sp³-hybridized carbons (Fsp3) is 0.333. The van der Waals surface area contributed by atoms with Crippen LogP contribution in [-0.2, 0) is 12.7 Å². The Kier molecular flexibility index (Phi) is 4.77. The first kappa shape index (κ1) is 20.3. The SMILES string of the molecule is Cc1cc(C(C)Nc2ccc(Cl)nc2C(=O)O)c2nc(C3(F)CC3)n(C)c(=O)c2c1. The number of carboxylic acid groups (broad SMARTS) is 1. The number of halogens is 2. The van der Waals surface area contributed by atoms with Gasteiger partial charge >= 0.3 is 5.97 Å². The Morgan fingerprint density at radius 2 is 2.03 bits per heavy atom. The Morgan fingerprint density at radius 3 is 2.67 bits per heavy atom. The number of benzene rings is 1. The van der Waals surface area contributed by atoms with Gasteiger partial charge in [-0.2, -0.15) is 0 Å². The first-order valence-corrected chi connectivity index (χ1v) is 9.85. The van der Waals surface area contributed by atoms with Crippen molar-refractivity contribution in [3.63, 3.8) is 0 Å². The summed E-state index contributed by atoms with van der Waals surface area (Å²) >= 11 is 5.83. The third-order valence-corrected chi connectivity index (χ3v) is 5.56. The van der Waals surface area contributed by atoms with Crippen LogP contribution < -0.4 is 10.9 Å². The van der Waals surface area contributed by atoms with Gasteiger partial charge < -0.3 is 10.4 Å². The Labute approximate surface area is 176 Å². The van der Waals surface area contributed by atoms with Crippen LogP contribution in [-0.4, -0.2) is 25.6 Å². The Bertz CT molecular complexity index is 1250. The molecule has 3 aromatic rings. The highest BCUT2D eigenvalue weighted by atomic mass is 35.5. The van der Waals surface area contributed by atoms with Gasteiger partial charge in [0.1, 0.15) is 11.0 Å². The molecule has 2 N–H and O–H groups in total. The number of aromatic carboxylic acids is 1. The first-order chi connectivity index (χ1) is 14.1. The lowest BCUT2D eigenvalue weighted by molar-refractivity contribution is 0.0691.